The number of rotatable bonds is 5. The molecule has 0 saturated carbocycles. The fourth-order valence-corrected chi connectivity index (χ4v) is 2.32. The van der Waals surface area contributed by atoms with Crippen LogP contribution in [-0.4, -0.2) is 43.7 Å². The molecule has 4 heteroatoms. The van der Waals surface area contributed by atoms with E-state index >= 15 is 0 Å². The van der Waals surface area contributed by atoms with Crippen LogP contribution in [0.25, 0.3) is 0 Å². The molecule has 0 spiro atoms. The third-order valence-corrected chi connectivity index (χ3v) is 3.21. The summed E-state index contributed by atoms with van der Waals surface area (Å²) in [6, 6.07) is -0.357. The van der Waals surface area contributed by atoms with Crippen molar-refractivity contribution < 1.29 is 9.53 Å². The van der Waals surface area contributed by atoms with Crippen LogP contribution in [0, 0.1) is 11.8 Å². The van der Waals surface area contributed by atoms with Crippen LogP contribution >= 0.6 is 0 Å². The lowest BCUT2D eigenvalue weighted by molar-refractivity contribution is -0.132. The van der Waals surface area contributed by atoms with Gasteiger partial charge in [-0.05, 0) is 31.1 Å². The number of hydrogen-bond acceptors (Lipinski definition) is 3. The van der Waals surface area contributed by atoms with Crippen LogP contribution in [0.3, 0.4) is 0 Å². The van der Waals surface area contributed by atoms with Crippen molar-refractivity contribution in [3.8, 4) is 0 Å². The molecular weight excluding hydrogens is 216 g/mol. The highest BCUT2D eigenvalue weighted by atomic mass is 16.5. The first-order valence-electron chi connectivity index (χ1n) is 6.59. The molecule has 1 saturated heterocycles. The number of amides is 1. The quantitative estimate of drug-likeness (QED) is 0.789. The van der Waals surface area contributed by atoms with Crippen LogP contribution in [0.15, 0.2) is 0 Å². The standard InChI is InChI=1S/C13H26N2O2/c1-10(2)7-12(14)13(16)15(3)8-11-5-4-6-17-9-11/h10-12H,4-9,14H2,1-3H3. The minimum Gasteiger partial charge on any atom is -0.381 e. The number of likely N-dealkylation sites (N-methyl/N-ethyl adjacent to an activating group) is 1. The summed E-state index contributed by atoms with van der Waals surface area (Å²) in [6.07, 6.45) is 3.01. The molecule has 1 fully saturated rings. The summed E-state index contributed by atoms with van der Waals surface area (Å²) in [5.74, 6) is 0.994. The lowest BCUT2D eigenvalue weighted by atomic mass is 10.0. The van der Waals surface area contributed by atoms with Crippen molar-refractivity contribution in [1.82, 2.24) is 4.90 Å². The van der Waals surface area contributed by atoms with Gasteiger partial charge in [-0.2, -0.15) is 0 Å². The molecule has 17 heavy (non-hydrogen) atoms. The van der Waals surface area contributed by atoms with E-state index < -0.39 is 0 Å². The average Bonchev–Trinajstić information content (AvgIpc) is 2.28. The summed E-state index contributed by atoms with van der Waals surface area (Å²) in [6.45, 7) is 6.58. The fraction of sp³-hybridized carbons (Fsp3) is 0.923. The van der Waals surface area contributed by atoms with Crippen molar-refractivity contribution in [3.63, 3.8) is 0 Å². The van der Waals surface area contributed by atoms with E-state index in [1.54, 1.807) is 4.90 Å². The number of nitrogens with zero attached hydrogens (tertiary/aromatic N) is 1. The van der Waals surface area contributed by atoms with Crippen LogP contribution in [0.1, 0.15) is 33.1 Å². The van der Waals surface area contributed by atoms with Gasteiger partial charge in [-0.25, -0.2) is 0 Å². The Hall–Kier alpha value is -0.610. The van der Waals surface area contributed by atoms with Crippen LogP contribution in [-0.2, 0) is 9.53 Å². The fourth-order valence-electron chi connectivity index (χ4n) is 2.32. The first kappa shape index (κ1) is 14.5. The van der Waals surface area contributed by atoms with E-state index in [-0.39, 0.29) is 11.9 Å². The zero-order chi connectivity index (χ0) is 12.8. The summed E-state index contributed by atoms with van der Waals surface area (Å²) in [5, 5.41) is 0. The number of carbonyl (C=O) groups is 1. The highest BCUT2D eigenvalue weighted by Gasteiger charge is 2.22. The Bertz CT molecular complexity index is 238. The molecule has 2 atom stereocenters. The maximum absolute atomic E-state index is 12.0. The normalized spacial score (nSPS) is 22.5. The zero-order valence-electron chi connectivity index (χ0n) is 11.3. The number of ether oxygens (including phenoxy) is 1. The molecule has 100 valence electrons. The first-order chi connectivity index (χ1) is 8.00. The van der Waals surface area contributed by atoms with Crippen LogP contribution in [0.5, 0.6) is 0 Å². The molecule has 1 heterocycles. The van der Waals surface area contributed by atoms with E-state index in [1.807, 2.05) is 7.05 Å². The van der Waals surface area contributed by atoms with E-state index in [9.17, 15) is 4.79 Å². The van der Waals surface area contributed by atoms with Gasteiger partial charge in [0.25, 0.3) is 0 Å². The smallest absolute Gasteiger partial charge is 0.239 e. The Morgan fingerprint density at radius 3 is 2.76 bits per heavy atom. The van der Waals surface area contributed by atoms with Crippen molar-refractivity contribution >= 4 is 5.91 Å². The monoisotopic (exact) mass is 242 g/mol. The molecule has 1 amide bonds. The molecule has 1 aliphatic heterocycles. The molecule has 0 aromatic rings. The summed E-state index contributed by atoms with van der Waals surface area (Å²) >= 11 is 0. The molecule has 2 N–H and O–H groups in total. The summed E-state index contributed by atoms with van der Waals surface area (Å²) in [5.41, 5.74) is 5.90. The maximum atomic E-state index is 12.0. The second kappa shape index (κ2) is 6.97. The summed E-state index contributed by atoms with van der Waals surface area (Å²) in [7, 11) is 1.84. The number of hydrogen-bond donors (Lipinski definition) is 1. The van der Waals surface area contributed by atoms with Crippen molar-refractivity contribution in [2.75, 3.05) is 26.8 Å². The lowest BCUT2D eigenvalue weighted by Gasteiger charge is -2.29. The minimum absolute atomic E-state index is 0.0595. The van der Waals surface area contributed by atoms with Gasteiger partial charge in [0.15, 0.2) is 0 Å². The van der Waals surface area contributed by atoms with E-state index in [2.05, 4.69) is 13.8 Å². The number of nitrogens with two attached hydrogens (primary N) is 1. The topological polar surface area (TPSA) is 55.6 Å². The SMILES string of the molecule is CC(C)CC(N)C(=O)N(C)CC1CCCOC1. The molecule has 0 radical (unpaired) electrons. The Balaban J connectivity index is 2.34. The molecule has 0 aliphatic carbocycles. The molecule has 4 nitrogen and oxygen atoms in total. The van der Waals surface area contributed by atoms with Crippen LogP contribution < -0.4 is 5.73 Å². The first-order valence-corrected chi connectivity index (χ1v) is 6.59. The predicted molar refractivity (Wildman–Crippen MR) is 68.6 cm³/mol. The highest BCUT2D eigenvalue weighted by molar-refractivity contribution is 5.81. The molecule has 1 rings (SSSR count). The van der Waals surface area contributed by atoms with Gasteiger partial charge in [-0.15, -0.1) is 0 Å². The maximum Gasteiger partial charge on any atom is 0.239 e. The van der Waals surface area contributed by atoms with Gasteiger partial charge < -0.3 is 15.4 Å². The van der Waals surface area contributed by atoms with Gasteiger partial charge in [-0.3, -0.25) is 4.79 Å². The average molecular weight is 242 g/mol. The van der Waals surface area contributed by atoms with Crippen molar-refractivity contribution in [2.45, 2.75) is 39.2 Å². The second-order valence-electron chi connectivity index (χ2n) is 5.54. The van der Waals surface area contributed by atoms with E-state index in [0.29, 0.717) is 11.8 Å². The predicted octanol–water partition coefficient (Wildman–Crippen LogP) is 1.24. The molecule has 0 aromatic heterocycles. The Kier molecular flexibility index (Phi) is 5.92. The Morgan fingerprint density at radius 2 is 2.24 bits per heavy atom. The van der Waals surface area contributed by atoms with Gasteiger partial charge in [0.05, 0.1) is 12.6 Å². The lowest BCUT2D eigenvalue weighted by Crippen LogP contribution is -2.45. The molecular formula is C13H26N2O2. The molecule has 0 bridgehead atoms. The summed E-state index contributed by atoms with van der Waals surface area (Å²) in [4.78, 5) is 13.8. The van der Waals surface area contributed by atoms with Gasteiger partial charge in [-0.1, -0.05) is 13.8 Å². The third kappa shape index (κ3) is 5.04. The van der Waals surface area contributed by atoms with Crippen molar-refractivity contribution in [2.24, 2.45) is 17.6 Å². The summed E-state index contributed by atoms with van der Waals surface area (Å²) < 4.78 is 5.42. The third-order valence-electron chi connectivity index (χ3n) is 3.21. The molecule has 1 aliphatic rings. The van der Waals surface area contributed by atoms with Crippen LogP contribution in [0.2, 0.25) is 0 Å². The van der Waals surface area contributed by atoms with Gasteiger partial charge >= 0.3 is 0 Å². The highest BCUT2D eigenvalue weighted by Crippen LogP contribution is 2.15. The van der Waals surface area contributed by atoms with Gasteiger partial charge in [0, 0.05) is 20.2 Å². The largest absolute Gasteiger partial charge is 0.381 e. The Labute approximate surface area is 104 Å². The minimum atomic E-state index is -0.357. The van der Waals surface area contributed by atoms with Gasteiger partial charge in [0.1, 0.15) is 0 Å². The van der Waals surface area contributed by atoms with Crippen molar-refractivity contribution in [1.29, 1.82) is 0 Å². The molecule has 2 unspecified atom stereocenters. The van der Waals surface area contributed by atoms with E-state index in [1.165, 1.54) is 0 Å². The van der Waals surface area contributed by atoms with Gasteiger partial charge in [0.2, 0.25) is 5.91 Å². The number of carbonyl (C=O) groups excluding carboxylic acids is 1. The van der Waals surface area contributed by atoms with E-state index in [4.69, 9.17) is 10.5 Å². The zero-order valence-corrected chi connectivity index (χ0v) is 11.3. The van der Waals surface area contributed by atoms with E-state index in [0.717, 1.165) is 39.0 Å². The van der Waals surface area contributed by atoms with Crippen LogP contribution in [0.4, 0.5) is 0 Å². The van der Waals surface area contributed by atoms with Crippen molar-refractivity contribution in [3.05, 3.63) is 0 Å². The Morgan fingerprint density at radius 1 is 1.53 bits per heavy atom. The second-order valence-corrected chi connectivity index (χ2v) is 5.54. The molecule has 0 aromatic carbocycles.